The minimum atomic E-state index is -3.48. The fourth-order valence-electron chi connectivity index (χ4n) is 2.57. The van der Waals surface area contributed by atoms with Gasteiger partial charge in [-0.25, -0.2) is 13.4 Å². The van der Waals surface area contributed by atoms with Gasteiger partial charge in [-0.1, -0.05) is 0 Å². The molecule has 112 valence electrons. The van der Waals surface area contributed by atoms with E-state index in [-0.39, 0.29) is 10.9 Å². The summed E-state index contributed by atoms with van der Waals surface area (Å²) in [5.41, 5.74) is 0.937. The van der Waals surface area contributed by atoms with Crippen LogP contribution in [0.3, 0.4) is 0 Å². The lowest BCUT2D eigenvalue weighted by Crippen LogP contribution is -2.38. The van der Waals surface area contributed by atoms with Gasteiger partial charge in [0.05, 0.1) is 12.0 Å². The van der Waals surface area contributed by atoms with Crippen LogP contribution in [-0.4, -0.2) is 45.3 Å². The van der Waals surface area contributed by atoms with E-state index in [0.29, 0.717) is 13.1 Å². The highest BCUT2D eigenvalue weighted by Crippen LogP contribution is 2.28. The van der Waals surface area contributed by atoms with Crippen molar-refractivity contribution in [2.75, 3.05) is 13.1 Å². The molecule has 21 heavy (non-hydrogen) atoms. The van der Waals surface area contributed by atoms with Gasteiger partial charge in [0.2, 0.25) is 0 Å². The Morgan fingerprint density at radius 1 is 1.19 bits per heavy atom. The molecule has 2 aromatic rings. The van der Waals surface area contributed by atoms with Crippen LogP contribution in [0.5, 0.6) is 0 Å². The number of imidazole rings is 1. The van der Waals surface area contributed by atoms with Crippen molar-refractivity contribution in [3.8, 4) is 0 Å². The second-order valence-corrected chi connectivity index (χ2v) is 7.07. The first kappa shape index (κ1) is 14.2. The third kappa shape index (κ3) is 2.81. The molecule has 0 aliphatic carbocycles. The monoisotopic (exact) mass is 307 g/mol. The predicted octanol–water partition coefficient (Wildman–Crippen LogP) is 0.778. The van der Waals surface area contributed by atoms with Gasteiger partial charge in [-0.05, 0) is 12.8 Å². The van der Waals surface area contributed by atoms with Crippen molar-refractivity contribution in [1.82, 2.24) is 23.8 Å². The molecule has 3 heterocycles. The summed E-state index contributed by atoms with van der Waals surface area (Å²) >= 11 is 0. The van der Waals surface area contributed by atoms with E-state index in [1.807, 2.05) is 0 Å². The van der Waals surface area contributed by atoms with E-state index >= 15 is 0 Å². The van der Waals surface area contributed by atoms with Gasteiger partial charge >= 0.3 is 0 Å². The average Bonchev–Trinajstić information content (AvgIpc) is 2.96. The molecule has 0 saturated carbocycles. The minimum Gasteiger partial charge on any atom is -0.339 e. The molecule has 1 saturated heterocycles. The van der Waals surface area contributed by atoms with E-state index in [1.165, 1.54) is 16.8 Å². The van der Waals surface area contributed by atoms with E-state index in [2.05, 4.69) is 15.0 Å². The van der Waals surface area contributed by atoms with E-state index in [4.69, 9.17) is 0 Å². The van der Waals surface area contributed by atoms with Gasteiger partial charge in [-0.2, -0.15) is 4.31 Å². The maximum Gasteiger partial charge on any atom is 0.262 e. The van der Waals surface area contributed by atoms with Crippen molar-refractivity contribution < 1.29 is 8.42 Å². The first-order chi connectivity index (χ1) is 10.1. The highest BCUT2D eigenvalue weighted by atomic mass is 32.2. The summed E-state index contributed by atoms with van der Waals surface area (Å²) in [6.07, 6.45) is 9.61. The lowest BCUT2D eigenvalue weighted by Gasteiger charge is -2.30. The van der Waals surface area contributed by atoms with Crippen LogP contribution in [0.25, 0.3) is 0 Å². The molecule has 1 aliphatic heterocycles. The molecule has 8 heteroatoms. The summed E-state index contributed by atoms with van der Waals surface area (Å²) in [4.78, 5) is 12.3. The Morgan fingerprint density at radius 2 is 1.95 bits per heavy atom. The zero-order valence-corrected chi connectivity index (χ0v) is 12.6. The first-order valence-corrected chi connectivity index (χ1v) is 8.25. The Hall–Kier alpha value is -1.80. The van der Waals surface area contributed by atoms with Crippen LogP contribution in [0, 0.1) is 0 Å². The zero-order chi connectivity index (χ0) is 14.9. The van der Waals surface area contributed by atoms with Crippen LogP contribution in [0.15, 0.2) is 36.1 Å². The van der Waals surface area contributed by atoms with E-state index < -0.39 is 10.0 Å². The molecule has 3 rings (SSSR count). The number of rotatable bonds is 3. The first-order valence-electron chi connectivity index (χ1n) is 6.81. The Balaban J connectivity index is 1.71. The van der Waals surface area contributed by atoms with Crippen molar-refractivity contribution in [2.24, 2.45) is 7.05 Å². The lowest BCUT2D eigenvalue weighted by atomic mass is 9.95. The SMILES string of the molecule is Cn1cnc(S(=O)(=O)N2CCC(c3cnccn3)CC2)c1. The summed E-state index contributed by atoms with van der Waals surface area (Å²) in [5, 5.41) is 0.114. The van der Waals surface area contributed by atoms with Gasteiger partial charge in [0.25, 0.3) is 10.0 Å². The van der Waals surface area contributed by atoms with Gasteiger partial charge in [-0.15, -0.1) is 0 Å². The molecule has 0 spiro atoms. The molecule has 0 aromatic carbocycles. The Morgan fingerprint density at radius 3 is 2.52 bits per heavy atom. The normalized spacial score (nSPS) is 18.0. The van der Waals surface area contributed by atoms with E-state index in [9.17, 15) is 8.42 Å². The smallest absolute Gasteiger partial charge is 0.262 e. The maximum atomic E-state index is 12.5. The number of aryl methyl sites for hydroxylation is 1. The Bertz CT molecular complexity index is 705. The van der Waals surface area contributed by atoms with Crippen LogP contribution < -0.4 is 0 Å². The van der Waals surface area contributed by atoms with Crippen molar-refractivity contribution in [1.29, 1.82) is 0 Å². The summed E-state index contributed by atoms with van der Waals surface area (Å²) < 4.78 is 28.1. The van der Waals surface area contributed by atoms with Crippen molar-refractivity contribution >= 4 is 10.0 Å². The average molecular weight is 307 g/mol. The highest BCUT2D eigenvalue weighted by Gasteiger charge is 2.31. The molecule has 0 N–H and O–H groups in total. The number of hydrogen-bond donors (Lipinski definition) is 0. The summed E-state index contributed by atoms with van der Waals surface area (Å²) in [6.45, 7) is 0.973. The summed E-state index contributed by atoms with van der Waals surface area (Å²) in [6, 6.07) is 0. The number of sulfonamides is 1. The quantitative estimate of drug-likeness (QED) is 0.837. The number of nitrogens with zero attached hydrogens (tertiary/aromatic N) is 5. The van der Waals surface area contributed by atoms with E-state index in [1.54, 1.807) is 30.2 Å². The van der Waals surface area contributed by atoms with Crippen LogP contribution >= 0.6 is 0 Å². The fourth-order valence-corrected chi connectivity index (χ4v) is 4.00. The molecule has 2 aromatic heterocycles. The molecular formula is C13H17N5O2S. The van der Waals surface area contributed by atoms with Crippen LogP contribution in [0.2, 0.25) is 0 Å². The summed E-state index contributed by atoms with van der Waals surface area (Å²) in [5.74, 6) is 0.272. The van der Waals surface area contributed by atoms with Crippen LogP contribution in [-0.2, 0) is 17.1 Å². The van der Waals surface area contributed by atoms with Crippen LogP contribution in [0.4, 0.5) is 0 Å². The summed E-state index contributed by atoms with van der Waals surface area (Å²) in [7, 11) is -1.73. The van der Waals surface area contributed by atoms with Gasteiger partial charge in [0.1, 0.15) is 0 Å². The minimum absolute atomic E-state index is 0.114. The topological polar surface area (TPSA) is 81.0 Å². The predicted molar refractivity (Wildman–Crippen MR) is 76.0 cm³/mol. The van der Waals surface area contributed by atoms with Crippen LogP contribution in [0.1, 0.15) is 24.5 Å². The highest BCUT2D eigenvalue weighted by molar-refractivity contribution is 7.89. The van der Waals surface area contributed by atoms with Gasteiger partial charge in [0, 0.05) is 50.8 Å². The molecule has 1 aliphatic rings. The largest absolute Gasteiger partial charge is 0.339 e. The number of piperidine rings is 1. The van der Waals surface area contributed by atoms with Crippen molar-refractivity contribution in [3.63, 3.8) is 0 Å². The van der Waals surface area contributed by atoms with Gasteiger partial charge in [-0.3, -0.25) is 9.97 Å². The third-order valence-electron chi connectivity index (χ3n) is 3.74. The standard InChI is InChI=1S/C13H17N5O2S/c1-17-9-13(16-10-17)21(19,20)18-6-2-11(3-7-18)12-8-14-4-5-15-12/h4-5,8-11H,2-3,6-7H2,1H3. The molecule has 1 fully saturated rings. The molecular weight excluding hydrogens is 290 g/mol. The zero-order valence-electron chi connectivity index (χ0n) is 11.8. The second kappa shape index (κ2) is 5.53. The molecule has 0 radical (unpaired) electrons. The Kier molecular flexibility index (Phi) is 3.73. The number of hydrogen-bond acceptors (Lipinski definition) is 5. The molecule has 0 atom stereocenters. The van der Waals surface area contributed by atoms with E-state index in [0.717, 1.165) is 18.5 Å². The number of aromatic nitrogens is 4. The Labute approximate surface area is 123 Å². The van der Waals surface area contributed by atoms with Crippen molar-refractivity contribution in [3.05, 3.63) is 36.8 Å². The molecule has 7 nitrogen and oxygen atoms in total. The molecule has 0 bridgehead atoms. The third-order valence-corrected chi connectivity index (χ3v) is 5.53. The lowest BCUT2D eigenvalue weighted by molar-refractivity contribution is 0.315. The fraction of sp³-hybridized carbons (Fsp3) is 0.462. The second-order valence-electron chi connectivity index (χ2n) is 5.19. The molecule has 0 amide bonds. The maximum absolute atomic E-state index is 12.5. The van der Waals surface area contributed by atoms with Gasteiger partial charge in [0.15, 0.2) is 5.03 Å². The van der Waals surface area contributed by atoms with Crippen molar-refractivity contribution in [2.45, 2.75) is 23.8 Å². The molecule has 0 unspecified atom stereocenters. The van der Waals surface area contributed by atoms with Gasteiger partial charge < -0.3 is 4.57 Å².